The van der Waals surface area contributed by atoms with Crippen LogP contribution in [0.1, 0.15) is 25.7 Å². The summed E-state index contributed by atoms with van der Waals surface area (Å²) in [7, 11) is 0. The number of thioether (sulfide) groups is 1. The van der Waals surface area contributed by atoms with Crippen molar-refractivity contribution in [2.45, 2.75) is 36.6 Å². The van der Waals surface area contributed by atoms with E-state index in [2.05, 4.69) is 21.2 Å². The third kappa shape index (κ3) is 3.92. The quantitative estimate of drug-likeness (QED) is 0.659. The maximum atomic E-state index is 11.8. The Kier molecular flexibility index (Phi) is 4.95. The summed E-state index contributed by atoms with van der Waals surface area (Å²) in [6.07, 6.45) is 4.71. The van der Waals surface area contributed by atoms with Gasteiger partial charge in [-0.2, -0.15) is 0 Å². The van der Waals surface area contributed by atoms with Gasteiger partial charge in [0.05, 0.1) is 5.75 Å². The van der Waals surface area contributed by atoms with E-state index in [0.29, 0.717) is 11.8 Å². The van der Waals surface area contributed by atoms with E-state index in [0.717, 1.165) is 27.9 Å². The molecule has 1 fully saturated rings. The van der Waals surface area contributed by atoms with E-state index >= 15 is 0 Å². The number of carbonyl (C=O) groups is 1. The van der Waals surface area contributed by atoms with Gasteiger partial charge < -0.3 is 11.1 Å². The number of nitrogen functional groups attached to an aromatic ring is 1. The monoisotopic (exact) mass is 328 g/mol. The Morgan fingerprint density at radius 1 is 1.44 bits per heavy atom. The minimum absolute atomic E-state index is 0.103. The number of hydrogen-bond acceptors (Lipinski definition) is 3. The fourth-order valence-electron chi connectivity index (χ4n) is 2.12. The lowest BCUT2D eigenvalue weighted by atomic mass is 10.2. The summed E-state index contributed by atoms with van der Waals surface area (Å²) in [5.74, 6) is 0.531. The van der Waals surface area contributed by atoms with Crippen molar-refractivity contribution >= 4 is 39.3 Å². The van der Waals surface area contributed by atoms with E-state index in [4.69, 9.17) is 5.73 Å². The summed E-state index contributed by atoms with van der Waals surface area (Å²) in [6, 6.07) is 6.08. The van der Waals surface area contributed by atoms with Crippen molar-refractivity contribution in [1.29, 1.82) is 0 Å². The molecule has 1 amide bonds. The minimum Gasteiger partial charge on any atom is -0.398 e. The van der Waals surface area contributed by atoms with Crippen LogP contribution in [0.3, 0.4) is 0 Å². The first-order valence-corrected chi connectivity index (χ1v) is 7.90. The fourth-order valence-corrected chi connectivity index (χ4v) is 3.44. The molecule has 0 unspecified atom stereocenters. The Hall–Kier alpha value is -0.680. The number of hydrogen-bond donors (Lipinski definition) is 2. The molecular formula is C13H17BrN2OS. The summed E-state index contributed by atoms with van der Waals surface area (Å²) in [4.78, 5) is 12.7. The summed E-state index contributed by atoms with van der Waals surface area (Å²) in [5.41, 5.74) is 6.59. The van der Waals surface area contributed by atoms with E-state index in [9.17, 15) is 4.79 Å². The molecule has 1 aliphatic rings. The van der Waals surface area contributed by atoms with E-state index < -0.39 is 0 Å². The largest absolute Gasteiger partial charge is 0.398 e. The first kappa shape index (κ1) is 13.7. The Labute approximate surface area is 120 Å². The highest BCUT2D eigenvalue weighted by atomic mass is 79.9. The lowest BCUT2D eigenvalue weighted by molar-refractivity contribution is -0.119. The number of nitrogens with one attached hydrogen (secondary N) is 1. The predicted molar refractivity (Wildman–Crippen MR) is 79.7 cm³/mol. The molecule has 1 aromatic rings. The molecule has 18 heavy (non-hydrogen) atoms. The van der Waals surface area contributed by atoms with Crippen LogP contribution >= 0.6 is 27.7 Å². The van der Waals surface area contributed by atoms with E-state index in [1.54, 1.807) is 0 Å². The Morgan fingerprint density at radius 2 is 2.17 bits per heavy atom. The molecule has 0 saturated heterocycles. The molecule has 5 heteroatoms. The van der Waals surface area contributed by atoms with Crippen molar-refractivity contribution in [2.75, 3.05) is 11.5 Å². The first-order valence-electron chi connectivity index (χ1n) is 6.12. The summed E-state index contributed by atoms with van der Waals surface area (Å²) in [5, 5.41) is 3.07. The van der Waals surface area contributed by atoms with Crippen molar-refractivity contribution < 1.29 is 4.79 Å². The predicted octanol–water partition coefficient (Wildman–Crippen LogP) is 3.18. The average molecular weight is 329 g/mol. The van der Waals surface area contributed by atoms with Gasteiger partial charge in [-0.1, -0.05) is 28.8 Å². The zero-order valence-electron chi connectivity index (χ0n) is 10.1. The Bertz CT molecular complexity index is 433. The molecule has 3 nitrogen and oxygen atoms in total. The van der Waals surface area contributed by atoms with Crippen LogP contribution in [0.4, 0.5) is 5.69 Å². The van der Waals surface area contributed by atoms with Crippen molar-refractivity contribution in [1.82, 2.24) is 5.32 Å². The molecule has 1 saturated carbocycles. The second-order valence-corrected chi connectivity index (χ2v) is 6.45. The van der Waals surface area contributed by atoms with Crippen LogP contribution in [0.5, 0.6) is 0 Å². The average Bonchev–Trinajstić information content (AvgIpc) is 2.83. The summed E-state index contributed by atoms with van der Waals surface area (Å²) in [6.45, 7) is 0. The van der Waals surface area contributed by atoms with Crippen molar-refractivity contribution in [2.24, 2.45) is 0 Å². The van der Waals surface area contributed by atoms with Crippen LogP contribution in [0.25, 0.3) is 0 Å². The number of amides is 1. The van der Waals surface area contributed by atoms with Gasteiger partial charge in [-0.25, -0.2) is 0 Å². The van der Waals surface area contributed by atoms with Crippen LogP contribution < -0.4 is 11.1 Å². The fraction of sp³-hybridized carbons (Fsp3) is 0.462. The van der Waals surface area contributed by atoms with Gasteiger partial charge >= 0.3 is 0 Å². The molecule has 1 aromatic carbocycles. The minimum atomic E-state index is 0.103. The van der Waals surface area contributed by atoms with E-state index in [-0.39, 0.29) is 5.91 Å². The van der Waals surface area contributed by atoms with E-state index in [1.807, 2.05) is 18.2 Å². The van der Waals surface area contributed by atoms with Gasteiger partial charge in [-0.15, -0.1) is 11.8 Å². The summed E-state index contributed by atoms with van der Waals surface area (Å²) < 4.78 is 0.982. The lowest BCUT2D eigenvalue weighted by Gasteiger charge is -2.12. The van der Waals surface area contributed by atoms with Gasteiger partial charge in [0.15, 0.2) is 0 Å². The zero-order valence-corrected chi connectivity index (χ0v) is 12.5. The molecular weight excluding hydrogens is 312 g/mol. The lowest BCUT2D eigenvalue weighted by Crippen LogP contribution is -2.33. The number of rotatable bonds is 4. The Morgan fingerprint density at radius 3 is 2.89 bits per heavy atom. The first-order chi connectivity index (χ1) is 8.65. The van der Waals surface area contributed by atoms with Gasteiger partial charge in [0.1, 0.15) is 0 Å². The molecule has 0 heterocycles. The van der Waals surface area contributed by atoms with Gasteiger partial charge in [0.25, 0.3) is 0 Å². The molecule has 1 aliphatic carbocycles. The van der Waals surface area contributed by atoms with Crippen molar-refractivity contribution in [3.63, 3.8) is 0 Å². The number of halogens is 1. The third-order valence-electron chi connectivity index (χ3n) is 3.05. The van der Waals surface area contributed by atoms with E-state index in [1.165, 1.54) is 24.6 Å². The van der Waals surface area contributed by atoms with Crippen LogP contribution in [0, 0.1) is 0 Å². The molecule has 0 aliphatic heterocycles. The normalized spacial score (nSPS) is 15.8. The van der Waals surface area contributed by atoms with Crippen LogP contribution in [0.2, 0.25) is 0 Å². The highest BCUT2D eigenvalue weighted by molar-refractivity contribution is 9.10. The number of nitrogens with two attached hydrogens (primary N) is 1. The topological polar surface area (TPSA) is 55.1 Å². The van der Waals surface area contributed by atoms with Crippen molar-refractivity contribution in [3.05, 3.63) is 22.7 Å². The second kappa shape index (κ2) is 6.48. The SMILES string of the molecule is Nc1ccc(Br)cc1SCC(=O)NC1CCCC1. The molecule has 0 aromatic heterocycles. The molecule has 3 N–H and O–H groups in total. The highest BCUT2D eigenvalue weighted by Crippen LogP contribution is 2.28. The third-order valence-corrected chi connectivity index (χ3v) is 4.62. The molecule has 0 bridgehead atoms. The molecule has 0 spiro atoms. The molecule has 98 valence electrons. The maximum Gasteiger partial charge on any atom is 0.230 e. The maximum absolute atomic E-state index is 11.8. The number of anilines is 1. The summed E-state index contributed by atoms with van der Waals surface area (Å²) >= 11 is 4.89. The van der Waals surface area contributed by atoms with Crippen molar-refractivity contribution in [3.8, 4) is 0 Å². The zero-order chi connectivity index (χ0) is 13.0. The van der Waals surface area contributed by atoms with Gasteiger partial charge in [-0.3, -0.25) is 4.79 Å². The standard InChI is InChI=1S/C13H17BrN2OS/c14-9-5-6-11(15)12(7-9)18-8-13(17)16-10-3-1-2-4-10/h5-7,10H,1-4,8,15H2,(H,16,17). The number of carbonyl (C=O) groups excluding carboxylic acids is 1. The highest BCUT2D eigenvalue weighted by Gasteiger charge is 2.17. The molecule has 2 rings (SSSR count). The van der Waals surface area contributed by atoms with Gasteiger partial charge in [0.2, 0.25) is 5.91 Å². The van der Waals surface area contributed by atoms with Crippen LogP contribution in [0.15, 0.2) is 27.6 Å². The van der Waals surface area contributed by atoms with Gasteiger partial charge in [0, 0.05) is 21.1 Å². The van der Waals surface area contributed by atoms with Crippen LogP contribution in [-0.4, -0.2) is 17.7 Å². The smallest absolute Gasteiger partial charge is 0.230 e. The second-order valence-electron chi connectivity index (χ2n) is 4.52. The molecule has 0 atom stereocenters. The number of benzene rings is 1. The van der Waals surface area contributed by atoms with Gasteiger partial charge in [-0.05, 0) is 31.0 Å². The van der Waals surface area contributed by atoms with Crippen LogP contribution in [-0.2, 0) is 4.79 Å². The molecule has 0 radical (unpaired) electrons. The Balaban J connectivity index is 1.83.